The zero-order valence-electron chi connectivity index (χ0n) is 10.3. The van der Waals surface area contributed by atoms with Gasteiger partial charge in [-0.25, -0.2) is 4.79 Å². The minimum Gasteiger partial charge on any atom is -0.493 e. The van der Waals surface area contributed by atoms with Gasteiger partial charge in [0.15, 0.2) is 11.3 Å². The highest BCUT2D eigenvalue weighted by atomic mass is 16.5. The Balaban J connectivity index is 2.60. The summed E-state index contributed by atoms with van der Waals surface area (Å²) in [7, 11) is 1.56. The van der Waals surface area contributed by atoms with Crippen molar-refractivity contribution in [3.63, 3.8) is 0 Å². The van der Waals surface area contributed by atoms with Gasteiger partial charge in [-0.1, -0.05) is 0 Å². The first-order chi connectivity index (χ1) is 8.63. The zero-order valence-corrected chi connectivity index (χ0v) is 10.3. The molecule has 92 valence electrons. The second kappa shape index (κ2) is 3.60. The number of methoxy groups -OCH3 is 1. The van der Waals surface area contributed by atoms with Crippen molar-refractivity contribution in [2.75, 3.05) is 12.5 Å². The predicted molar refractivity (Wildman–Crippen MR) is 69.7 cm³/mol. The molecule has 2 aromatic rings. The van der Waals surface area contributed by atoms with Gasteiger partial charge < -0.3 is 9.15 Å². The lowest BCUT2D eigenvalue weighted by Gasteiger charge is -2.17. The van der Waals surface area contributed by atoms with Crippen molar-refractivity contribution < 1.29 is 9.15 Å². The lowest BCUT2D eigenvalue weighted by molar-refractivity contribution is 0.403. The number of hydrogen-bond donors (Lipinski definition) is 1. The summed E-state index contributed by atoms with van der Waals surface area (Å²) >= 11 is 0. The number of hydrogen-bond acceptors (Lipinski definition) is 5. The molecule has 0 aliphatic carbocycles. The minimum absolute atomic E-state index is 0.378. The van der Waals surface area contributed by atoms with Crippen LogP contribution in [0.2, 0.25) is 0 Å². The van der Waals surface area contributed by atoms with Gasteiger partial charge in [0.2, 0.25) is 0 Å². The number of nitrogens with zero attached hydrogens (tertiary/aromatic N) is 1. The van der Waals surface area contributed by atoms with E-state index in [1.165, 1.54) is 0 Å². The highest BCUT2D eigenvalue weighted by Gasteiger charge is 2.20. The van der Waals surface area contributed by atoms with Gasteiger partial charge in [-0.05, 0) is 25.5 Å². The van der Waals surface area contributed by atoms with Crippen LogP contribution in [-0.4, -0.2) is 13.3 Å². The van der Waals surface area contributed by atoms with E-state index in [2.05, 4.69) is 10.5 Å². The molecule has 1 aliphatic rings. The van der Waals surface area contributed by atoms with Crippen LogP contribution in [0.3, 0.4) is 0 Å². The van der Waals surface area contributed by atoms with E-state index in [4.69, 9.17) is 9.15 Å². The fourth-order valence-electron chi connectivity index (χ4n) is 2.27. The van der Waals surface area contributed by atoms with Gasteiger partial charge in [-0.3, -0.25) is 5.43 Å². The van der Waals surface area contributed by atoms with Crippen LogP contribution in [0.15, 0.2) is 20.4 Å². The van der Waals surface area contributed by atoms with Crippen molar-refractivity contribution in [3.8, 4) is 5.75 Å². The largest absolute Gasteiger partial charge is 0.493 e. The summed E-state index contributed by atoms with van der Waals surface area (Å²) in [4.78, 5) is 11.8. The van der Waals surface area contributed by atoms with Crippen LogP contribution < -0.4 is 15.8 Å². The molecule has 3 rings (SSSR count). The fraction of sp³-hybridized carbons (Fsp3) is 0.231. The molecule has 0 saturated heterocycles. The molecule has 0 spiro atoms. The van der Waals surface area contributed by atoms with Gasteiger partial charge in [0, 0.05) is 5.56 Å². The van der Waals surface area contributed by atoms with Crippen molar-refractivity contribution in [2.45, 2.75) is 13.8 Å². The molecular weight excluding hydrogens is 232 g/mol. The summed E-state index contributed by atoms with van der Waals surface area (Å²) in [5.41, 5.74) is 5.99. The second-order valence-corrected chi connectivity index (χ2v) is 4.28. The summed E-state index contributed by atoms with van der Waals surface area (Å²) in [5.74, 6) is 0.587. The Morgan fingerprint density at radius 2 is 2.17 bits per heavy atom. The number of ether oxygens (including phenoxy) is 1. The monoisotopic (exact) mass is 244 g/mol. The number of anilines is 1. The third-order valence-electron chi connectivity index (χ3n) is 3.16. The van der Waals surface area contributed by atoms with Crippen LogP contribution in [-0.2, 0) is 0 Å². The molecule has 0 amide bonds. The molecule has 5 heteroatoms. The average molecular weight is 244 g/mol. The maximum absolute atomic E-state index is 11.8. The van der Waals surface area contributed by atoms with Gasteiger partial charge in [-0.2, -0.15) is 5.10 Å². The van der Waals surface area contributed by atoms with Gasteiger partial charge in [-0.15, -0.1) is 0 Å². The maximum Gasteiger partial charge on any atom is 0.341 e. The Morgan fingerprint density at radius 3 is 2.89 bits per heavy atom. The summed E-state index contributed by atoms with van der Waals surface area (Å²) in [6.07, 6.45) is 1.71. The topological polar surface area (TPSA) is 63.8 Å². The standard InChI is InChI=1S/C13H12N2O3/c1-6-4-8-5-14-15-10-7(2)13(16)18-12(9(8)10)11(6)17-3/h4-5,15H,1-3H3. The predicted octanol–water partition coefficient (Wildman–Crippen LogP) is 2.18. The van der Waals surface area contributed by atoms with Crippen molar-refractivity contribution in [3.05, 3.63) is 33.2 Å². The Morgan fingerprint density at radius 1 is 1.39 bits per heavy atom. The Hall–Kier alpha value is -2.30. The first-order valence-electron chi connectivity index (χ1n) is 5.57. The zero-order chi connectivity index (χ0) is 12.9. The molecule has 1 aliphatic heterocycles. The SMILES string of the molecule is COc1c(C)cc2c3c(c(C)c(=O)oc13)NN=C2. The lowest BCUT2D eigenvalue weighted by Crippen LogP contribution is -2.12. The third-order valence-corrected chi connectivity index (χ3v) is 3.16. The number of rotatable bonds is 1. The molecule has 18 heavy (non-hydrogen) atoms. The number of aryl methyl sites for hydroxylation is 1. The summed E-state index contributed by atoms with van der Waals surface area (Å²) in [5, 5.41) is 4.88. The van der Waals surface area contributed by atoms with Crippen LogP contribution in [0, 0.1) is 13.8 Å². The molecular formula is C13H12N2O3. The van der Waals surface area contributed by atoms with Gasteiger partial charge >= 0.3 is 5.63 Å². The molecule has 0 fully saturated rings. The summed E-state index contributed by atoms with van der Waals surface area (Å²) in [6.45, 7) is 3.62. The Bertz CT molecular complexity index is 744. The van der Waals surface area contributed by atoms with Gasteiger partial charge in [0.1, 0.15) is 0 Å². The van der Waals surface area contributed by atoms with Crippen LogP contribution in [0.5, 0.6) is 5.75 Å². The molecule has 0 saturated carbocycles. The number of hydrazone groups is 1. The van der Waals surface area contributed by atoms with Crippen molar-refractivity contribution in [1.82, 2.24) is 0 Å². The van der Waals surface area contributed by atoms with E-state index >= 15 is 0 Å². The Labute approximate surface area is 103 Å². The van der Waals surface area contributed by atoms with E-state index < -0.39 is 0 Å². The van der Waals surface area contributed by atoms with Crippen LogP contribution >= 0.6 is 0 Å². The van der Waals surface area contributed by atoms with Crippen molar-refractivity contribution in [1.29, 1.82) is 0 Å². The maximum atomic E-state index is 11.8. The van der Waals surface area contributed by atoms with E-state index in [1.807, 2.05) is 13.0 Å². The summed E-state index contributed by atoms with van der Waals surface area (Å²) in [6, 6.07) is 1.97. The quantitative estimate of drug-likeness (QED) is 0.781. The lowest BCUT2D eigenvalue weighted by atomic mass is 10.0. The smallest absolute Gasteiger partial charge is 0.341 e. The van der Waals surface area contributed by atoms with Crippen LogP contribution in [0.1, 0.15) is 16.7 Å². The molecule has 0 unspecified atom stereocenters. The first kappa shape index (κ1) is 10.8. The first-order valence-corrected chi connectivity index (χ1v) is 5.57. The van der Waals surface area contributed by atoms with Crippen molar-refractivity contribution in [2.24, 2.45) is 5.10 Å². The molecule has 2 heterocycles. The molecule has 1 N–H and O–H groups in total. The molecule has 0 atom stereocenters. The van der Waals surface area contributed by atoms with E-state index in [9.17, 15) is 4.79 Å². The van der Waals surface area contributed by atoms with E-state index in [1.54, 1.807) is 20.2 Å². The van der Waals surface area contributed by atoms with E-state index in [0.717, 1.165) is 16.5 Å². The molecule has 1 aromatic carbocycles. The molecule has 0 radical (unpaired) electrons. The highest BCUT2D eigenvalue weighted by Crippen LogP contribution is 2.37. The second-order valence-electron chi connectivity index (χ2n) is 4.28. The van der Waals surface area contributed by atoms with Gasteiger partial charge in [0.25, 0.3) is 0 Å². The number of nitrogens with one attached hydrogen (secondary N) is 1. The fourth-order valence-corrected chi connectivity index (χ4v) is 2.27. The van der Waals surface area contributed by atoms with Gasteiger partial charge in [0.05, 0.1) is 30.0 Å². The van der Waals surface area contributed by atoms with Crippen molar-refractivity contribution >= 4 is 22.9 Å². The average Bonchev–Trinajstić information content (AvgIpc) is 2.35. The van der Waals surface area contributed by atoms with E-state index in [-0.39, 0.29) is 5.63 Å². The molecule has 5 nitrogen and oxygen atoms in total. The Kier molecular flexibility index (Phi) is 2.16. The number of benzene rings is 1. The molecule has 0 bridgehead atoms. The van der Waals surface area contributed by atoms with Crippen LogP contribution in [0.4, 0.5) is 5.69 Å². The van der Waals surface area contributed by atoms with Crippen LogP contribution in [0.25, 0.3) is 11.0 Å². The highest BCUT2D eigenvalue weighted by molar-refractivity contribution is 6.09. The van der Waals surface area contributed by atoms with E-state index in [0.29, 0.717) is 22.6 Å². The normalized spacial score (nSPS) is 12.6. The summed E-state index contributed by atoms with van der Waals surface area (Å²) < 4.78 is 10.7. The molecule has 1 aromatic heterocycles. The third kappa shape index (κ3) is 1.27. The minimum atomic E-state index is -0.378.